The van der Waals surface area contributed by atoms with Gasteiger partial charge in [-0.3, -0.25) is 9.59 Å². The molecule has 0 spiro atoms. The van der Waals surface area contributed by atoms with Gasteiger partial charge < -0.3 is 28.3 Å². The molecular formula is C72H62F8N4O8. The summed E-state index contributed by atoms with van der Waals surface area (Å²) in [6, 6.07) is 37.5. The van der Waals surface area contributed by atoms with E-state index in [9.17, 15) is 19.2 Å². The first-order valence-electron chi connectivity index (χ1n) is 29.3. The van der Waals surface area contributed by atoms with E-state index in [2.05, 4.69) is 10.3 Å². The van der Waals surface area contributed by atoms with Crippen molar-refractivity contribution in [1.29, 1.82) is 0 Å². The number of para-hydroxylation sites is 2. The maximum Gasteiger partial charge on any atom is 0.381 e. The molecule has 0 aliphatic rings. The maximum absolute atomic E-state index is 16.0. The van der Waals surface area contributed by atoms with Crippen molar-refractivity contribution in [3.63, 3.8) is 0 Å². The van der Waals surface area contributed by atoms with Crippen LogP contribution in [0, 0.1) is 41.5 Å². The molecule has 10 aromatic rings. The van der Waals surface area contributed by atoms with Gasteiger partial charge in [0.05, 0.1) is 0 Å². The van der Waals surface area contributed by atoms with E-state index in [1.165, 1.54) is 48.5 Å². The molecule has 12 nitrogen and oxygen atoms in total. The number of carbonyl (C=O) groups is 4. The van der Waals surface area contributed by atoms with Gasteiger partial charge in [-0.2, -0.15) is 35.1 Å². The Bertz CT molecular complexity index is 4370. The molecule has 2 aromatic heterocycles. The van der Waals surface area contributed by atoms with Crippen molar-refractivity contribution in [2.75, 3.05) is 13.2 Å². The summed E-state index contributed by atoms with van der Waals surface area (Å²) in [5.74, 6) is -29.5. The predicted octanol–water partition coefficient (Wildman–Crippen LogP) is 16.9. The van der Waals surface area contributed by atoms with Gasteiger partial charge in [-0.05, 0) is 163 Å². The molecule has 10 rings (SSSR count). The summed E-state index contributed by atoms with van der Waals surface area (Å²) in [4.78, 5) is 62.8. The van der Waals surface area contributed by atoms with Gasteiger partial charge in [-0.25, -0.2) is 9.59 Å². The number of benzene rings is 8. The molecule has 0 aliphatic carbocycles. The van der Waals surface area contributed by atoms with Crippen LogP contribution in [0.4, 0.5) is 35.1 Å². The molecule has 20 heteroatoms. The lowest BCUT2D eigenvalue weighted by molar-refractivity contribution is -0.371. The number of halogens is 8. The van der Waals surface area contributed by atoms with Gasteiger partial charge in [-0.1, -0.05) is 82.1 Å². The average molecular weight is 1260 g/mol. The minimum Gasteiger partial charge on any atom is -0.486 e. The molecule has 92 heavy (non-hydrogen) atoms. The lowest BCUT2D eigenvalue weighted by Gasteiger charge is -2.36. The molecule has 8 aromatic carbocycles. The molecule has 0 radical (unpaired) electrons. The van der Waals surface area contributed by atoms with Gasteiger partial charge in [0.15, 0.2) is 24.8 Å². The van der Waals surface area contributed by atoms with Crippen LogP contribution in [0.3, 0.4) is 0 Å². The van der Waals surface area contributed by atoms with Gasteiger partial charge >= 0.3 is 35.6 Å². The minimum atomic E-state index is -6.84. The number of ketones is 2. The third-order valence-electron chi connectivity index (χ3n) is 16.2. The third-order valence-corrected chi connectivity index (χ3v) is 16.2. The molecule has 0 unspecified atom stereocenters. The number of hydrogen-bond donors (Lipinski definition) is 0. The second kappa shape index (κ2) is 25.0. The van der Waals surface area contributed by atoms with Crippen molar-refractivity contribution in [1.82, 2.24) is 9.13 Å². The highest BCUT2D eigenvalue weighted by atomic mass is 19.4. The Hall–Kier alpha value is -9.98. The molecule has 0 aliphatic heterocycles. The van der Waals surface area contributed by atoms with E-state index in [-0.39, 0.29) is 45.2 Å². The van der Waals surface area contributed by atoms with Crippen molar-refractivity contribution in [2.45, 2.75) is 106 Å². The number of hydrogen-bond acceptors (Lipinski definition) is 10. The fourth-order valence-electron chi connectivity index (χ4n) is 12.1. The number of carbonyl (C=O) groups excluding carboxylic acids is 4. The van der Waals surface area contributed by atoms with Gasteiger partial charge in [0.2, 0.25) is 0 Å². The molecule has 0 fully saturated rings. The van der Waals surface area contributed by atoms with Crippen molar-refractivity contribution in [2.24, 2.45) is 10.3 Å². The summed E-state index contributed by atoms with van der Waals surface area (Å²) in [7, 11) is 0. The number of rotatable bonds is 21. The molecule has 0 bridgehead atoms. The Morgan fingerprint density at radius 1 is 0.413 bits per heavy atom. The van der Waals surface area contributed by atoms with E-state index in [0.717, 1.165) is 70.4 Å². The molecule has 0 N–H and O–H groups in total. The Balaban J connectivity index is 0.925. The van der Waals surface area contributed by atoms with E-state index < -0.39 is 60.3 Å². The van der Waals surface area contributed by atoms with Crippen molar-refractivity contribution in [3.05, 3.63) is 223 Å². The molecule has 0 saturated heterocycles. The zero-order valence-electron chi connectivity index (χ0n) is 51.8. The smallest absolute Gasteiger partial charge is 0.381 e. The van der Waals surface area contributed by atoms with Gasteiger partial charge in [0.1, 0.15) is 22.9 Å². The van der Waals surface area contributed by atoms with Crippen LogP contribution in [0.5, 0.6) is 11.5 Å². The summed E-state index contributed by atoms with van der Waals surface area (Å²) in [5.41, 5.74) is 8.95. The van der Waals surface area contributed by atoms with E-state index >= 15 is 35.1 Å². The number of aromatic nitrogens is 2. The minimum absolute atomic E-state index is 0.148. The van der Waals surface area contributed by atoms with Crippen LogP contribution in [0.25, 0.3) is 43.6 Å². The number of alkyl halides is 8. The molecular weight excluding hydrogens is 1200 g/mol. The monoisotopic (exact) mass is 1260 g/mol. The largest absolute Gasteiger partial charge is 0.486 e. The summed E-state index contributed by atoms with van der Waals surface area (Å²) >= 11 is 0. The van der Waals surface area contributed by atoms with Crippen molar-refractivity contribution < 1.29 is 73.5 Å². The van der Waals surface area contributed by atoms with Crippen LogP contribution in [0.15, 0.2) is 156 Å². The van der Waals surface area contributed by atoms with Gasteiger partial charge in [-0.15, -0.1) is 0 Å². The Morgan fingerprint density at radius 3 is 1.01 bits per heavy atom. The van der Waals surface area contributed by atoms with Crippen LogP contribution in [-0.4, -0.2) is 81.0 Å². The fraction of sp³-hybridized carbons (Fsp3) is 0.250. The first-order chi connectivity index (χ1) is 43.5. The molecule has 474 valence electrons. The van der Waals surface area contributed by atoms with Crippen LogP contribution >= 0.6 is 0 Å². The number of aryl methyl sites for hydroxylation is 8. The molecule has 0 saturated carbocycles. The predicted molar refractivity (Wildman–Crippen MR) is 337 cm³/mol. The topological polar surface area (TPSA) is 140 Å². The highest BCUT2D eigenvalue weighted by Crippen LogP contribution is 2.53. The van der Waals surface area contributed by atoms with Crippen LogP contribution in [0.2, 0.25) is 0 Å². The second-order valence-electron chi connectivity index (χ2n) is 22.8. The quantitative estimate of drug-likeness (QED) is 0.0228. The van der Waals surface area contributed by atoms with Crippen molar-refractivity contribution in [3.8, 4) is 11.5 Å². The first kappa shape index (κ1) is 65.0. The van der Waals surface area contributed by atoms with Crippen LogP contribution < -0.4 is 9.47 Å². The lowest BCUT2D eigenvalue weighted by Crippen LogP contribution is -2.65. The lowest BCUT2D eigenvalue weighted by atomic mass is 9.92. The van der Waals surface area contributed by atoms with Gasteiger partial charge in [0.25, 0.3) is 0 Å². The number of ether oxygens (including phenoxy) is 2. The Kier molecular flexibility index (Phi) is 17.7. The fourth-order valence-corrected chi connectivity index (χ4v) is 12.1. The van der Waals surface area contributed by atoms with Crippen molar-refractivity contribution >= 4 is 78.5 Å². The summed E-state index contributed by atoms with van der Waals surface area (Å²) in [6.45, 7) is 12.9. The highest BCUT2D eigenvalue weighted by molar-refractivity contribution is 6.21. The zero-order chi connectivity index (χ0) is 66.5. The van der Waals surface area contributed by atoms with Crippen LogP contribution in [-0.2, 0) is 32.4 Å². The number of nitrogens with zero attached hydrogens (tertiary/aromatic N) is 4. The van der Waals surface area contributed by atoms with Gasteiger partial charge in [0, 0.05) is 115 Å². The SMILES string of the molecule is CCn1c2ccc(C(=O)c3c(C)cc(C)cc3C)cc2c2cc(/C(=N\OC(C)=O)c3ccccc3OCC(F)(F)C(F)(F)C(F)(F)C(F)(F)COc3ccccc3/C(=N/OC(C)=O)c3ccc4c(c3)c3cc(C(=O)c5c(C)cc(C)cc5C)ccc3n4CC)ccc21. The normalized spacial score (nSPS) is 12.7. The summed E-state index contributed by atoms with van der Waals surface area (Å²) < 4.78 is 142. The molecule has 0 amide bonds. The molecule has 0 atom stereocenters. The van der Waals surface area contributed by atoms with E-state index in [1.54, 1.807) is 60.7 Å². The number of oxime groups is 2. The molecule has 2 heterocycles. The highest BCUT2D eigenvalue weighted by Gasteiger charge is 2.81. The number of fused-ring (bicyclic) bond motifs is 6. The third kappa shape index (κ3) is 11.9. The zero-order valence-corrected chi connectivity index (χ0v) is 51.8. The van der Waals surface area contributed by atoms with E-state index in [4.69, 9.17) is 19.1 Å². The summed E-state index contributed by atoms with van der Waals surface area (Å²) in [6.07, 6.45) is 0. The first-order valence-corrected chi connectivity index (χ1v) is 29.3. The second-order valence-corrected chi connectivity index (χ2v) is 22.8. The summed E-state index contributed by atoms with van der Waals surface area (Å²) in [5, 5.41) is 10.3. The average Bonchev–Trinajstić information content (AvgIpc) is 1.10. The van der Waals surface area contributed by atoms with Crippen LogP contribution in [0.1, 0.15) is 115 Å². The standard InChI is InChI=1S/C72H62F8N4O8/c1-11-83-57-25-21-47(33-53(57)55-35-49(23-27-59(55)83)67(87)63-41(5)29-39(3)30-42(63)6)65(81-91-45(9)85)51-17-13-15-19-61(51)89-37-69(73,74)71(77,78)72(79,80)70(75,76)38-90-62-20-16-14-18-52(62)66(82-92-46(10)86)48-22-26-58-54(34-48)56-36-50(24-28-60(56)84(58)12-2)68(88)64-43(7)31-40(4)32-44(64)8/h13-36H,11-12,37-38H2,1-10H3/b81-65+,82-66+. The van der Waals surface area contributed by atoms with E-state index in [0.29, 0.717) is 67.9 Å². The Labute approximate surface area is 523 Å². The maximum atomic E-state index is 16.0. The Morgan fingerprint density at radius 2 is 0.707 bits per heavy atom. The van der Waals surface area contributed by atoms with E-state index in [1.807, 2.05) is 88.8 Å².